The lowest BCUT2D eigenvalue weighted by Gasteiger charge is -2.30. The Labute approximate surface area is 64.9 Å². The summed E-state index contributed by atoms with van der Waals surface area (Å²) < 4.78 is 10.7. The molecule has 1 N–H and O–H groups in total. The van der Waals surface area contributed by atoms with E-state index >= 15 is 0 Å². The smallest absolute Gasteiger partial charge is 0.225 e. The Morgan fingerprint density at radius 1 is 1.36 bits per heavy atom. The molecule has 2 saturated heterocycles. The number of rotatable bonds is 0. The highest BCUT2D eigenvalue weighted by molar-refractivity contribution is 5.77. The number of ether oxygens (including phenoxy) is 2. The van der Waals surface area contributed by atoms with Crippen LogP contribution in [0.1, 0.15) is 12.8 Å². The van der Waals surface area contributed by atoms with Crippen molar-refractivity contribution < 1.29 is 14.3 Å². The Morgan fingerprint density at radius 3 is 2.73 bits per heavy atom. The number of carbonyl (C=O) groups is 1. The molecule has 0 unspecified atom stereocenters. The van der Waals surface area contributed by atoms with Crippen LogP contribution in [0.2, 0.25) is 0 Å². The van der Waals surface area contributed by atoms with Crippen molar-refractivity contribution in [1.82, 2.24) is 5.32 Å². The topological polar surface area (TPSA) is 47.6 Å². The molecule has 2 aliphatic heterocycles. The van der Waals surface area contributed by atoms with Crippen molar-refractivity contribution in [3.05, 3.63) is 0 Å². The van der Waals surface area contributed by atoms with E-state index in [9.17, 15) is 4.79 Å². The number of piperidine rings is 1. The molecular weight excluding hydrogens is 146 g/mol. The number of amides is 1. The molecule has 1 spiro atoms. The van der Waals surface area contributed by atoms with Crippen LogP contribution in [0.5, 0.6) is 0 Å². The first-order chi connectivity index (χ1) is 5.31. The predicted octanol–water partition coefficient (Wildman–Crippen LogP) is -0.361. The van der Waals surface area contributed by atoms with Gasteiger partial charge in [-0.15, -0.1) is 0 Å². The molecule has 2 fully saturated rings. The average molecular weight is 157 g/mol. The summed E-state index contributed by atoms with van der Waals surface area (Å²) in [4.78, 5) is 11.0. The fourth-order valence-corrected chi connectivity index (χ4v) is 1.53. The fraction of sp³-hybridized carbons (Fsp3) is 0.857. The van der Waals surface area contributed by atoms with E-state index in [1.54, 1.807) is 0 Å². The van der Waals surface area contributed by atoms with E-state index in [0.717, 1.165) is 6.42 Å². The highest BCUT2D eigenvalue weighted by atomic mass is 16.7. The first-order valence-electron chi connectivity index (χ1n) is 3.85. The molecule has 0 aromatic heterocycles. The Bertz CT molecular complexity index is 175. The van der Waals surface area contributed by atoms with Crippen molar-refractivity contribution in [2.24, 2.45) is 0 Å². The van der Waals surface area contributed by atoms with Gasteiger partial charge in [-0.1, -0.05) is 0 Å². The molecule has 2 rings (SSSR count). The zero-order chi connectivity index (χ0) is 7.73. The highest BCUT2D eigenvalue weighted by Crippen LogP contribution is 2.28. The lowest BCUT2D eigenvalue weighted by Crippen LogP contribution is -2.46. The van der Waals surface area contributed by atoms with Crippen molar-refractivity contribution >= 4 is 5.91 Å². The van der Waals surface area contributed by atoms with Gasteiger partial charge in [-0.05, 0) is 0 Å². The molecule has 0 aromatic rings. The fourth-order valence-electron chi connectivity index (χ4n) is 1.53. The lowest BCUT2D eigenvalue weighted by molar-refractivity contribution is -0.180. The largest absolute Gasteiger partial charge is 0.356 e. The van der Waals surface area contributed by atoms with Gasteiger partial charge in [-0.2, -0.15) is 0 Å². The quantitative estimate of drug-likeness (QED) is 0.522. The summed E-state index contributed by atoms with van der Waals surface area (Å²) in [6, 6.07) is 0. The normalized spacial score (nSPS) is 28.9. The first-order valence-corrected chi connectivity index (χ1v) is 3.85. The minimum Gasteiger partial charge on any atom is -0.356 e. The van der Waals surface area contributed by atoms with Gasteiger partial charge in [0.1, 0.15) is 0 Å². The summed E-state index contributed by atoms with van der Waals surface area (Å²) >= 11 is 0. The van der Waals surface area contributed by atoms with Crippen LogP contribution in [-0.4, -0.2) is 31.5 Å². The Morgan fingerprint density at radius 2 is 2.09 bits per heavy atom. The molecule has 1 amide bonds. The predicted molar refractivity (Wildman–Crippen MR) is 36.9 cm³/mol. The maximum absolute atomic E-state index is 11.0. The molecular formula is C7H11NO3. The van der Waals surface area contributed by atoms with Crippen molar-refractivity contribution in [3.63, 3.8) is 0 Å². The summed E-state index contributed by atoms with van der Waals surface area (Å²) in [6.07, 6.45) is 1.13. The highest BCUT2D eigenvalue weighted by Gasteiger charge is 2.40. The molecule has 0 atom stereocenters. The van der Waals surface area contributed by atoms with Crippen LogP contribution >= 0.6 is 0 Å². The molecule has 0 bridgehead atoms. The summed E-state index contributed by atoms with van der Waals surface area (Å²) in [5.41, 5.74) is 0. The molecule has 0 aromatic carbocycles. The molecule has 2 aliphatic rings. The van der Waals surface area contributed by atoms with E-state index < -0.39 is 5.79 Å². The molecule has 4 nitrogen and oxygen atoms in total. The average Bonchev–Trinajstić information content (AvgIpc) is 2.37. The number of hydrogen-bond acceptors (Lipinski definition) is 3. The van der Waals surface area contributed by atoms with E-state index in [4.69, 9.17) is 9.47 Å². The molecule has 0 aliphatic carbocycles. The van der Waals surface area contributed by atoms with Gasteiger partial charge in [0.05, 0.1) is 19.6 Å². The number of nitrogens with one attached hydrogen (secondary N) is 1. The maximum Gasteiger partial charge on any atom is 0.225 e. The monoisotopic (exact) mass is 157 g/mol. The van der Waals surface area contributed by atoms with Gasteiger partial charge in [0.25, 0.3) is 0 Å². The summed E-state index contributed by atoms with van der Waals surface area (Å²) in [6.45, 7) is 1.90. The van der Waals surface area contributed by atoms with Crippen LogP contribution in [0.15, 0.2) is 0 Å². The zero-order valence-corrected chi connectivity index (χ0v) is 6.26. The molecule has 0 saturated carbocycles. The molecule has 11 heavy (non-hydrogen) atoms. The van der Waals surface area contributed by atoms with Crippen molar-refractivity contribution in [2.45, 2.75) is 18.6 Å². The van der Waals surface area contributed by atoms with Crippen LogP contribution in [0.3, 0.4) is 0 Å². The van der Waals surface area contributed by atoms with Crippen LogP contribution in [-0.2, 0) is 14.3 Å². The Hall–Kier alpha value is -0.610. The van der Waals surface area contributed by atoms with Crippen LogP contribution < -0.4 is 5.32 Å². The zero-order valence-electron chi connectivity index (χ0n) is 6.26. The van der Waals surface area contributed by atoms with Gasteiger partial charge in [0.15, 0.2) is 5.79 Å². The molecule has 4 heteroatoms. The minimum atomic E-state index is -0.567. The third kappa shape index (κ3) is 1.23. The van der Waals surface area contributed by atoms with Gasteiger partial charge in [0.2, 0.25) is 5.91 Å². The molecule has 2 heterocycles. The summed E-state index contributed by atoms with van der Waals surface area (Å²) in [5, 5.41) is 2.73. The second-order valence-electron chi connectivity index (χ2n) is 2.88. The van der Waals surface area contributed by atoms with E-state index in [-0.39, 0.29) is 5.91 Å². The van der Waals surface area contributed by atoms with Crippen molar-refractivity contribution in [2.75, 3.05) is 19.8 Å². The van der Waals surface area contributed by atoms with E-state index in [2.05, 4.69) is 5.32 Å². The van der Waals surface area contributed by atoms with Gasteiger partial charge in [-0.3, -0.25) is 4.79 Å². The minimum absolute atomic E-state index is 0.0261. The van der Waals surface area contributed by atoms with Crippen LogP contribution in [0, 0.1) is 0 Å². The van der Waals surface area contributed by atoms with E-state index in [1.165, 1.54) is 0 Å². The second kappa shape index (κ2) is 2.46. The first kappa shape index (κ1) is 7.06. The standard InChI is InChI=1S/C7H11NO3/c9-6-5-7(1-2-8-6)10-3-4-11-7/h1-5H2,(H,8,9). The summed E-state index contributed by atoms with van der Waals surface area (Å²) in [5.74, 6) is -0.541. The third-order valence-corrected chi connectivity index (χ3v) is 2.07. The Kier molecular flexibility index (Phi) is 1.58. The van der Waals surface area contributed by atoms with E-state index in [1.807, 2.05) is 0 Å². The van der Waals surface area contributed by atoms with Gasteiger partial charge >= 0.3 is 0 Å². The molecule has 62 valence electrons. The van der Waals surface area contributed by atoms with Crippen molar-refractivity contribution in [1.29, 1.82) is 0 Å². The number of hydrogen-bond donors (Lipinski definition) is 1. The molecule has 0 radical (unpaired) electrons. The van der Waals surface area contributed by atoms with Crippen molar-refractivity contribution in [3.8, 4) is 0 Å². The SMILES string of the molecule is O=C1CC2(CCN1)OCCO2. The maximum atomic E-state index is 11.0. The van der Waals surface area contributed by atoms with E-state index in [0.29, 0.717) is 26.2 Å². The van der Waals surface area contributed by atoms with Gasteiger partial charge in [0, 0.05) is 13.0 Å². The lowest BCUT2D eigenvalue weighted by atomic mass is 10.1. The summed E-state index contributed by atoms with van der Waals surface area (Å²) in [7, 11) is 0. The van der Waals surface area contributed by atoms with Gasteiger partial charge in [-0.25, -0.2) is 0 Å². The van der Waals surface area contributed by atoms with Crippen LogP contribution in [0.25, 0.3) is 0 Å². The van der Waals surface area contributed by atoms with Gasteiger partial charge < -0.3 is 14.8 Å². The second-order valence-corrected chi connectivity index (χ2v) is 2.88. The third-order valence-electron chi connectivity index (χ3n) is 2.07. The number of carbonyl (C=O) groups excluding carboxylic acids is 1. The Balaban J connectivity index is 2.05. The van der Waals surface area contributed by atoms with Crippen LogP contribution in [0.4, 0.5) is 0 Å².